The van der Waals surface area contributed by atoms with E-state index in [4.69, 9.17) is 0 Å². The van der Waals surface area contributed by atoms with Gasteiger partial charge in [0.15, 0.2) is 5.56 Å². The standard InChI is InChI=1S/C16H16N6O3/c1-8(9-4-5-11-12(6-9)20-15(24)19-11)18-13-10(7-17)14(23)22(3)16(25)21(13)2/h4-6,8,18H,1-3H3,(H2,19,20,24)/t8-/m1/s1. The molecule has 0 fully saturated rings. The molecule has 0 spiro atoms. The second-order valence-corrected chi connectivity index (χ2v) is 5.79. The summed E-state index contributed by atoms with van der Waals surface area (Å²) < 4.78 is 2.12. The number of nitrogens with one attached hydrogen (secondary N) is 3. The van der Waals surface area contributed by atoms with E-state index < -0.39 is 11.2 Å². The minimum Gasteiger partial charge on any atom is -0.364 e. The van der Waals surface area contributed by atoms with E-state index in [-0.39, 0.29) is 23.1 Å². The lowest BCUT2D eigenvalue weighted by Crippen LogP contribution is -2.40. The Balaban J connectivity index is 2.07. The van der Waals surface area contributed by atoms with Gasteiger partial charge in [0.25, 0.3) is 5.56 Å². The van der Waals surface area contributed by atoms with Crippen LogP contribution >= 0.6 is 0 Å². The molecule has 1 aromatic carbocycles. The number of fused-ring (bicyclic) bond motifs is 1. The highest BCUT2D eigenvalue weighted by Crippen LogP contribution is 2.21. The predicted molar refractivity (Wildman–Crippen MR) is 92.6 cm³/mol. The van der Waals surface area contributed by atoms with Crippen LogP contribution in [-0.2, 0) is 14.1 Å². The van der Waals surface area contributed by atoms with E-state index in [9.17, 15) is 19.6 Å². The van der Waals surface area contributed by atoms with Gasteiger partial charge in [-0.05, 0) is 24.6 Å². The van der Waals surface area contributed by atoms with Crippen molar-refractivity contribution >= 4 is 16.9 Å². The van der Waals surface area contributed by atoms with E-state index in [1.807, 2.05) is 19.1 Å². The predicted octanol–water partition coefficient (Wildman–Crippen LogP) is 0.298. The maximum Gasteiger partial charge on any atom is 0.332 e. The minimum absolute atomic E-state index is 0.132. The summed E-state index contributed by atoms with van der Waals surface area (Å²) in [7, 11) is 2.82. The zero-order chi connectivity index (χ0) is 18.3. The lowest BCUT2D eigenvalue weighted by Gasteiger charge is -2.19. The molecule has 1 atom stereocenters. The lowest BCUT2D eigenvalue weighted by atomic mass is 10.1. The lowest BCUT2D eigenvalue weighted by molar-refractivity contribution is 0.678. The number of anilines is 1. The van der Waals surface area contributed by atoms with Crippen LogP contribution in [0.5, 0.6) is 0 Å². The van der Waals surface area contributed by atoms with E-state index in [1.165, 1.54) is 18.7 Å². The molecule has 3 aromatic rings. The van der Waals surface area contributed by atoms with Gasteiger partial charge in [-0.1, -0.05) is 6.07 Å². The van der Waals surface area contributed by atoms with E-state index in [0.29, 0.717) is 11.0 Å². The molecule has 0 bridgehead atoms. The van der Waals surface area contributed by atoms with E-state index >= 15 is 0 Å². The van der Waals surface area contributed by atoms with Crippen molar-refractivity contribution < 1.29 is 0 Å². The molecule has 0 aliphatic carbocycles. The van der Waals surface area contributed by atoms with Crippen molar-refractivity contribution in [2.45, 2.75) is 13.0 Å². The molecule has 9 heteroatoms. The maximum absolute atomic E-state index is 12.1. The number of H-pyrrole nitrogens is 2. The monoisotopic (exact) mass is 340 g/mol. The molecule has 0 saturated carbocycles. The van der Waals surface area contributed by atoms with Gasteiger partial charge in [0.2, 0.25) is 0 Å². The van der Waals surface area contributed by atoms with Crippen LogP contribution in [0.15, 0.2) is 32.6 Å². The summed E-state index contributed by atoms with van der Waals surface area (Å²) in [5.74, 6) is 0.158. The molecule has 128 valence electrons. The van der Waals surface area contributed by atoms with Crippen LogP contribution in [0, 0.1) is 11.3 Å². The SMILES string of the molecule is C[C@@H](Nc1c(C#N)c(=O)n(C)c(=O)n1C)c1ccc2[nH]c(=O)[nH]c2c1. The molecular formula is C16H16N6O3. The average Bonchev–Trinajstić information content (AvgIpc) is 2.97. The fraction of sp³-hybridized carbons (Fsp3) is 0.250. The second-order valence-electron chi connectivity index (χ2n) is 5.79. The van der Waals surface area contributed by atoms with Crippen molar-refractivity contribution in [3.8, 4) is 6.07 Å². The molecular weight excluding hydrogens is 324 g/mol. The summed E-state index contributed by atoms with van der Waals surface area (Å²) in [4.78, 5) is 40.9. The third-order valence-electron chi connectivity index (χ3n) is 4.17. The fourth-order valence-corrected chi connectivity index (χ4v) is 2.72. The van der Waals surface area contributed by atoms with Crippen LogP contribution in [0.2, 0.25) is 0 Å². The summed E-state index contributed by atoms with van der Waals surface area (Å²) in [5, 5.41) is 12.4. The summed E-state index contributed by atoms with van der Waals surface area (Å²) in [6, 6.07) is 6.90. The Bertz CT molecular complexity index is 1190. The highest BCUT2D eigenvalue weighted by Gasteiger charge is 2.18. The summed E-state index contributed by atoms with van der Waals surface area (Å²) in [6.45, 7) is 1.83. The van der Waals surface area contributed by atoms with Gasteiger partial charge < -0.3 is 15.3 Å². The number of imidazole rings is 1. The molecule has 0 radical (unpaired) electrons. The number of aromatic amines is 2. The first-order valence-electron chi connectivity index (χ1n) is 7.52. The molecule has 0 amide bonds. The molecule has 25 heavy (non-hydrogen) atoms. The van der Waals surface area contributed by atoms with Crippen molar-refractivity contribution in [2.75, 3.05) is 5.32 Å². The molecule has 3 rings (SSSR count). The van der Waals surface area contributed by atoms with E-state index in [1.54, 1.807) is 12.1 Å². The number of benzene rings is 1. The fourth-order valence-electron chi connectivity index (χ4n) is 2.72. The zero-order valence-electron chi connectivity index (χ0n) is 13.9. The van der Waals surface area contributed by atoms with Gasteiger partial charge in [0.1, 0.15) is 11.9 Å². The molecule has 2 aromatic heterocycles. The van der Waals surface area contributed by atoms with Gasteiger partial charge in [0, 0.05) is 14.1 Å². The van der Waals surface area contributed by atoms with Crippen LogP contribution in [0.1, 0.15) is 24.1 Å². The van der Waals surface area contributed by atoms with E-state index in [0.717, 1.165) is 10.1 Å². The first-order valence-corrected chi connectivity index (χ1v) is 7.52. The van der Waals surface area contributed by atoms with Gasteiger partial charge in [-0.25, -0.2) is 9.59 Å². The Hall–Kier alpha value is -3.54. The molecule has 3 N–H and O–H groups in total. The van der Waals surface area contributed by atoms with Gasteiger partial charge in [-0.2, -0.15) is 5.26 Å². The van der Waals surface area contributed by atoms with Crippen LogP contribution in [0.4, 0.5) is 5.82 Å². The molecule has 0 unspecified atom stereocenters. The van der Waals surface area contributed by atoms with Crippen molar-refractivity contribution in [3.63, 3.8) is 0 Å². The van der Waals surface area contributed by atoms with Gasteiger partial charge >= 0.3 is 11.4 Å². The number of hydrogen-bond acceptors (Lipinski definition) is 5. The first-order chi connectivity index (χ1) is 11.8. The topological polar surface area (TPSA) is 128 Å². The zero-order valence-corrected chi connectivity index (χ0v) is 13.9. The number of nitrogens with zero attached hydrogens (tertiary/aromatic N) is 3. The van der Waals surface area contributed by atoms with E-state index in [2.05, 4.69) is 15.3 Å². The molecule has 0 saturated heterocycles. The molecule has 9 nitrogen and oxygen atoms in total. The Morgan fingerprint density at radius 3 is 2.48 bits per heavy atom. The van der Waals surface area contributed by atoms with Crippen LogP contribution < -0.4 is 22.3 Å². The summed E-state index contributed by atoms with van der Waals surface area (Å²) >= 11 is 0. The third-order valence-corrected chi connectivity index (χ3v) is 4.17. The smallest absolute Gasteiger partial charge is 0.332 e. The molecule has 2 heterocycles. The van der Waals surface area contributed by atoms with Crippen molar-refractivity contribution in [3.05, 3.63) is 60.6 Å². The highest BCUT2D eigenvalue weighted by molar-refractivity contribution is 5.75. The number of nitriles is 1. The Morgan fingerprint density at radius 2 is 1.80 bits per heavy atom. The van der Waals surface area contributed by atoms with Crippen molar-refractivity contribution in [2.24, 2.45) is 14.1 Å². The molecule has 0 aliphatic heterocycles. The van der Waals surface area contributed by atoms with Crippen LogP contribution in [0.25, 0.3) is 11.0 Å². The third kappa shape index (κ3) is 2.63. The van der Waals surface area contributed by atoms with Crippen molar-refractivity contribution in [1.29, 1.82) is 5.26 Å². The number of hydrogen-bond donors (Lipinski definition) is 3. The van der Waals surface area contributed by atoms with Crippen LogP contribution in [-0.4, -0.2) is 19.1 Å². The first kappa shape index (κ1) is 16.3. The van der Waals surface area contributed by atoms with Crippen LogP contribution in [0.3, 0.4) is 0 Å². The number of rotatable bonds is 3. The van der Waals surface area contributed by atoms with Gasteiger partial charge in [-0.15, -0.1) is 0 Å². The Kier molecular flexibility index (Phi) is 3.81. The molecule has 0 aliphatic rings. The summed E-state index contributed by atoms with van der Waals surface area (Å²) in [6.07, 6.45) is 0. The Labute approximate surface area is 141 Å². The largest absolute Gasteiger partial charge is 0.364 e. The van der Waals surface area contributed by atoms with Gasteiger partial charge in [-0.3, -0.25) is 13.9 Å². The average molecular weight is 340 g/mol. The maximum atomic E-state index is 12.1. The quantitative estimate of drug-likeness (QED) is 0.631. The summed E-state index contributed by atoms with van der Waals surface area (Å²) in [5.41, 5.74) is 0.546. The minimum atomic E-state index is -0.647. The highest BCUT2D eigenvalue weighted by atomic mass is 16.2. The second kappa shape index (κ2) is 5.83. The Morgan fingerprint density at radius 1 is 1.12 bits per heavy atom. The van der Waals surface area contributed by atoms with Gasteiger partial charge in [0.05, 0.1) is 17.1 Å². The normalized spacial score (nSPS) is 12.1. The van der Waals surface area contributed by atoms with Crippen molar-refractivity contribution in [1.82, 2.24) is 19.1 Å². The number of aromatic nitrogens is 4.